The van der Waals surface area contributed by atoms with Crippen LogP contribution in [0, 0.1) is 0 Å². The van der Waals surface area contributed by atoms with E-state index in [1.165, 1.54) is 0 Å². The number of rotatable bonds is 5. The third-order valence-corrected chi connectivity index (χ3v) is 3.07. The highest BCUT2D eigenvalue weighted by Gasteiger charge is 2.13. The van der Waals surface area contributed by atoms with E-state index in [9.17, 15) is 0 Å². The lowest BCUT2D eigenvalue weighted by atomic mass is 10.2. The maximum absolute atomic E-state index is 5.97. The molecule has 0 radical (unpaired) electrons. The van der Waals surface area contributed by atoms with Gasteiger partial charge >= 0.3 is 0 Å². The van der Waals surface area contributed by atoms with Crippen LogP contribution >= 0.6 is 0 Å². The van der Waals surface area contributed by atoms with E-state index in [2.05, 4.69) is 16.5 Å². The van der Waals surface area contributed by atoms with Crippen LogP contribution in [0.3, 0.4) is 0 Å². The molecule has 0 bridgehead atoms. The van der Waals surface area contributed by atoms with Crippen molar-refractivity contribution in [1.29, 1.82) is 0 Å². The molecule has 4 heteroatoms. The number of benzene rings is 1. The Morgan fingerprint density at radius 1 is 1.37 bits per heavy atom. The molecule has 1 heterocycles. The Labute approximate surface area is 114 Å². The molecule has 19 heavy (non-hydrogen) atoms. The highest BCUT2D eigenvalue weighted by Crippen LogP contribution is 2.25. The summed E-state index contributed by atoms with van der Waals surface area (Å²) in [6.07, 6.45) is 1.86. The van der Waals surface area contributed by atoms with Crippen LogP contribution in [0.1, 0.15) is 32.5 Å². The van der Waals surface area contributed by atoms with Crippen molar-refractivity contribution < 1.29 is 4.74 Å². The largest absolute Gasteiger partial charge is 0.494 e. The van der Waals surface area contributed by atoms with Gasteiger partial charge in [-0.25, -0.2) is 4.98 Å². The number of nitrogens with two attached hydrogens (primary N) is 1. The van der Waals surface area contributed by atoms with Crippen molar-refractivity contribution in [3.8, 4) is 17.1 Å². The molecule has 0 amide bonds. The maximum Gasteiger partial charge on any atom is 0.140 e. The number of ether oxygens (including phenoxy) is 1. The molecule has 0 aliphatic carbocycles. The quantitative estimate of drug-likeness (QED) is 0.898. The molecule has 1 atom stereocenters. The summed E-state index contributed by atoms with van der Waals surface area (Å²) < 4.78 is 7.68. The summed E-state index contributed by atoms with van der Waals surface area (Å²) in [5, 5.41) is 0. The fraction of sp³-hybridized carbons (Fsp3) is 0.400. The average Bonchev–Trinajstić information content (AvgIpc) is 2.83. The minimum atomic E-state index is -0.0173. The van der Waals surface area contributed by atoms with Gasteiger partial charge in [0.15, 0.2) is 0 Å². The number of imidazole rings is 1. The molecule has 2 N–H and O–H groups in total. The van der Waals surface area contributed by atoms with Gasteiger partial charge in [0.2, 0.25) is 0 Å². The van der Waals surface area contributed by atoms with E-state index in [0.717, 1.165) is 29.4 Å². The highest BCUT2D eigenvalue weighted by molar-refractivity contribution is 5.58. The predicted molar refractivity (Wildman–Crippen MR) is 77.1 cm³/mol. The van der Waals surface area contributed by atoms with Gasteiger partial charge in [0.1, 0.15) is 11.6 Å². The van der Waals surface area contributed by atoms with E-state index >= 15 is 0 Å². The predicted octanol–water partition coefficient (Wildman–Crippen LogP) is 2.99. The van der Waals surface area contributed by atoms with E-state index < -0.39 is 0 Å². The first-order valence-corrected chi connectivity index (χ1v) is 6.71. The van der Waals surface area contributed by atoms with Gasteiger partial charge in [-0.05, 0) is 32.9 Å². The summed E-state index contributed by atoms with van der Waals surface area (Å²) in [5.41, 5.74) is 8.08. The lowest BCUT2D eigenvalue weighted by Gasteiger charge is -2.12. The molecule has 1 aromatic carbocycles. The number of hydrogen-bond acceptors (Lipinski definition) is 3. The van der Waals surface area contributed by atoms with Gasteiger partial charge in [-0.15, -0.1) is 0 Å². The second-order valence-corrected chi connectivity index (χ2v) is 4.50. The van der Waals surface area contributed by atoms with Gasteiger partial charge in [-0.1, -0.05) is 12.1 Å². The Kier molecular flexibility index (Phi) is 4.22. The topological polar surface area (TPSA) is 53.1 Å². The third-order valence-electron chi connectivity index (χ3n) is 3.07. The fourth-order valence-electron chi connectivity index (χ4n) is 2.21. The molecule has 0 aliphatic heterocycles. The van der Waals surface area contributed by atoms with Crippen molar-refractivity contribution in [1.82, 2.24) is 9.55 Å². The van der Waals surface area contributed by atoms with E-state index in [4.69, 9.17) is 10.5 Å². The molecule has 1 unspecified atom stereocenters. The summed E-state index contributed by atoms with van der Waals surface area (Å²) in [6.45, 7) is 7.57. The zero-order valence-electron chi connectivity index (χ0n) is 11.8. The van der Waals surface area contributed by atoms with Crippen LogP contribution < -0.4 is 10.5 Å². The van der Waals surface area contributed by atoms with Gasteiger partial charge in [0.05, 0.1) is 18.5 Å². The van der Waals surface area contributed by atoms with Crippen molar-refractivity contribution >= 4 is 0 Å². The number of hydrogen-bond donors (Lipinski definition) is 1. The molecule has 0 aliphatic rings. The van der Waals surface area contributed by atoms with Gasteiger partial charge in [-0.2, -0.15) is 0 Å². The van der Waals surface area contributed by atoms with Gasteiger partial charge in [-0.3, -0.25) is 0 Å². The van der Waals surface area contributed by atoms with Crippen LogP contribution in [0.5, 0.6) is 5.75 Å². The molecule has 2 rings (SSSR count). The van der Waals surface area contributed by atoms with Crippen molar-refractivity contribution in [2.45, 2.75) is 33.4 Å². The first kappa shape index (κ1) is 13.6. The normalized spacial score (nSPS) is 12.4. The van der Waals surface area contributed by atoms with Crippen molar-refractivity contribution in [3.63, 3.8) is 0 Å². The lowest BCUT2D eigenvalue weighted by molar-refractivity contribution is 0.340. The standard InChI is InChI=1S/C15H21N3O/c1-4-18-14(11(3)16)10-17-15(18)12-7-6-8-13(9-12)19-5-2/h6-11H,4-5,16H2,1-3H3. The summed E-state index contributed by atoms with van der Waals surface area (Å²) in [4.78, 5) is 4.51. The second-order valence-electron chi connectivity index (χ2n) is 4.50. The Morgan fingerprint density at radius 3 is 2.79 bits per heavy atom. The number of nitrogens with zero attached hydrogens (tertiary/aromatic N) is 2. The first-order valence-electron chi connectivity index (χ1n) is 6.71. The molecule has 1 aromatic heterocycles. The molecule has 0 fully saturated rings. The van der Waals surface area contributed by atoms with Crippen LogP contribution in [0.25, 0.3) is 11.4 Å². The third kappa shape index (κ3) is 2.79. The zero-order valence-corrected chi connectivity index (χ0v) is 11.8. The van der Waals surface area contributed by atoms with Crippen LogP contribution in [0.2, 0.25) is 0 Å². The van der Waals surface area contributed by atoms with Crippen molar-refractivity contribution in [2.75, 3.05) is 6.61 Å². The minimum absolute atomic E-state index is 0.0173. The number of aromatic nitrogens is 2. The maximum atomic E-state index is 5.97. The van der Waals surface area contributed by atoms with Crippen molar-refractivity contribution in [2.24, 2.45) is 5.73 Å². The SMILES string of the molecule is CCOc1cccc(-c2ncc(C(C)N)n2CC)c1. The lowest BCUT2D eigenvalue weighted by Crippen LogP contribution is -2.12. The van der Waals surface area contributed by atoms with Crippen LogP contribution in [0.15, 0.2) is 30.5 Å². The monoisotopic (exact) mass is 259 g/mol. The molecular formula is C15H21N3O. The Balaban J connectivity index is 2.44. The Morgan fingerprint density at radius 2 is 2.16 bits per heavy atom. The molecule has 2 aromatic rings. The second kappa shape index (κ2) is 5.89. The average molecular weight is 259 g/mol. The van der Waals surface area contributed by atoms with Gasteiger partial charge in [0.25, 0.3) is 0 Å². The molecule has 0 saturated carbocycles. The smallest absolute Gasteiger partial charge is 0.140 e. The summed E-state index contributed by atoms with van der Waals surface area (Å²) in [6, 6.07) is 7.99. The van der Waals surface area contributed by atoms with E-state index in [1.54, 1.807) is 0 Å². The Hall–Kier alpha value is -1.81. The van der Waals surface area contributed by atoms with E-state index in [-0.39, 0.29) is 6.04 Å². The molecule has 0 saturated heterocycles. The van der Waals surface area contributed by atoms with Gasteiger partial charge in [0, 0.05) is 18.2 Å². The van der Waals surface area contributed by atoms with Crippen LogP contribution in [-0.4, -0.2) is 16.2 Å². The fourth-order valence-corrected chi connectivity index (χ4v) is 2.21. The molecular weight excluding hydrogens is 238 g/mol. The first-order chi connectivity index (χ1) is 9.17. The van der Waals surface area contributed by atoms with E-state index in [1.807, 2.05) is 44.3 Å². The molecule has 4 nitrogen and oxygen atoms in total. The van der Waals surface area contributed by atoms with Crippen LogP contribution in [0.4, 0.5) is 0 Å². The summed E-state index contributed by atoms with van der Waals surface area (Å²) in [7, 11) is 0. The zero-order chi connectivity index (χ0) is 13.8. The Bertz CT molecular complexity index is 546. The summed E-state index contributed by atoms with van der Waals surface area (Å²) in [5.74, 6) is 1.81. The highest BCUT2D eigenvalue weighted by atomic mass is 16.5. The molecule has 0 spiro atoms. The van der Waals surface area contributed by atoms with Gasteiger partial charge < -0.3 is 15.0 Å². The summed E-state index contributed by atoms with van der Waals surface area (Å²) >= 11 is 0. The van der Waals surface area contributed by atoms with Crippen LogP contribution in [-0.2, 0) is 6.54 Å². The van der Waals surface area contributed by atoms with Crippen molar-refractivity contribution in [3.05, 3.63) is 36.2 Å². The molecule has 102 valence electrons. The van der Waals surface area contributed by atoms with E-state index in [0.29, 0.717) is 6.61 Å². The minimum Gasteiger partial charge on any atom is -0.494 e.